The third kappa shape index (κ3) is 7.49. The molecule has 0 bridgehead atoms. The van der Waals surface area contributed by atoms with E-state index in [1.165, 1.54) is 20.4 Å². The van der Waals surface area contributed by atoms with Gasteiger partial charge in [0.2, 0.25) is 0 Å². The van der Waals surface area contributed by atoms with E-state index in [9.17, 15) is 9.59 Å². The molecule has 0 aliphatic heterocycles. The number of nitrogens with zero attached hydrogens (tertiary/aromatic N) is 1. The second kappa shape index (κ2) is 13.4. The summed E-state index contributed by atoms with van der Waals surface area (Å²) in [4.78, 5) is 24.6. The van der Waals surface area contributed by atoms with Gasteiger partial charge in [0, 0.05) is 0 Å². The molecule has 0 atom stereocenters. The molecule has 0 aromatic heterocycles. The zero-order valence-corrected chi connectivity index (χ0v) is 20.4. The van der Waals surface area contributed by atoms with Gasteiger partial charge >= 0.3 is 5.97 Å². The second-order valence-corrected chi connectivity index (χ2v) is 7.41. The van der Waals surface area contributed by atoms with Crippen LogP contribution in [0.15, 0.2) is 71.8 Å². The normalized spacial score (nSPS) is 10.5. The minimum absolute atomic E-state index is 0.234. The molecule has 1 N–H and O–H groups in total. The molecule has 0 fully saturated rings. The van der Waals surface area contributed by atoms with Crippen LogP contribution in [0.2, 0.25) is 0 Å². The average Bonchev–Trinajstić information content (AvgIpc) is 2.91. The number of benzene rings is 3. The summed E-state index contributed by atoms with van der Waals surface area (Å²) in [5.74, 6) is 1.28. The van der Waals surface area contributed by atoms with Crippen LogP contribution in [0.25, 0.3) is 0 Å². The first kappa shape index (κ1) is 26.1. The first-order valence-corrected chi connectivity index (χ1v) is 11.2. The highest BCUT2D eigenvalue weighted by Crippen LogP contribution is 2.29. The highest BCUT2D eigenvalue weighted by molar-refractivity contribution is 5.92. The molecule has 0 aliphatic carbocycles. The lowest BCUT2D eigenvalue weighted by Gasteiger charge is -2.10. The van der Waals surface area contributed by atoms with Crippen molar-refractivity contribution in [3.63, 3.8) is 0 Å². The van der Waals surface area contributed by atoms with Crippen LogP contribution in [-0.2, 0) is 4.79 Å². The van der Waals surface area contributed by atoms with Crippen LogP contribution in [-0.4, -0.2) is 45.5 Å². The minimum atomic E-state index is -0.529. The number of para-hydroxylation sites is 2. The summed E-state index contributed by atoms with van der Waals surface area (Å²) in [5, 5.41) is 3.93. The van der Waals surface area contributed by atoms with Crippen molar-refractivity contribution in [1.82, 2.24) is 5.43 Å². The Balaban J connectivity index is 1.55. The van der Waals surface area contributed by atoms with E-state index < -0.39 is 11.9 Å². The molecular weight excluding hydrogens is 464 g/mol. The van der Waals surface area contributed by atoms with E-state index in [1.807, 2.05) is 6.92 Å². The van der Waals surface area contributed by atoms with E-state index in [4.69, 9.17) is 23.7 Å². The standard InChI is InChI=1S/C27H28N2O7/c1-4-15-34-21-12-10-20(11-13-21)27(31)36-24-14-9-19(16-25(24)33-3)17-28-29-26(30)18-35-23-8-6-5-7-22(23)32-2/h5-14,16-17H,4,15,18H2,1-3H3,(H,29,30)/b28-17-. The number of esters is 1. The quantitative estimate of drug-likeness (QED) is 0.175. The Bertz CT molecular complexity index is 1190. The molecule has 0 radical (unpaired) electrons. The molecule has 36 heavy (non-hydrogen) atoms. The number of rotatable bonds is 12. The van der Waals surface area contributed by atoms with Crippen molar-refractivity contribution in [3.05, 3.63) is 77.9 Å². The molecule has 0 spiro atoms. The number of carbonyl (C=O) groups excluding carboxylic acids is 2. The maximum absolute atomic E-state index is 12.5. The van der Waals surface area contributed by atoms with Gasteiger partial charge in [0.05, 0.1) is 32.6 Å². The predicted octanol–water partition coefficient (Wildman–Crippen LogP) is 4.24. The highest BCUT2D eigenvalue weighted by atomic mass is 16.6. The summed E-state index contributed by atoms with van der Waals surface area (Å²) in [6.07, 6.45) is 2.33. The Morgan fingerprint density at radius 2 is 1.58 bits per heavy atom. The van der Waals surface area contributed by atoms with Crippen molar-refractivity contribution in [2.24, 2.45) is 5.10 Å². The van der Waals surface area contributed by atoms with Crippen molar-refractivity contribution in [3.8, 4) is 28.7 Å². The van der Waals surface area contributed by atoms with E-state index >= 15 is 0 Å². The topological polar surface area (TPSA) is 105 Å². The van der Waals surface area contributed by atoms with Crippen LogP contribution >= 0.6 is 0 Å². The van der Waals surface area contributed by atoms with Gasteiger partial charge in [-0.15, -0.1) is 0 Å². The van der Waals surface area contributed by atoms with Gasteiger partial charge in [-0.3, -0.25) is 4.79 Å². The molecule has 0 aliphatic rings. The smallest absolute Gasteiger partial charge is 0.343 e. The lowest BCUT2D eigenvalue weighted by atomic mass is 10.2. The van der Waals surface area contributed by atoms with E-state index in [0.717, 1.165) is 6.42 Å². The maximum atomic E-state index is 12.5. The Morgan fingerprint density at radius 3 is 2.28 bits per heavy atom. The third-order valence-electron chi connectivity index (χ3n) is 4.78. The number of carbonyl (C=O) groups is 2. The Kier molecular flexibility index (Phi) is 9.69. The van der Waals surface area contributed by atoms with Crippen molar-refractivity contribution >= 4 is 18.1 Å². The van der Waals surface area contributed by atoms with Crippen LogP contribution in [0.1, 0.15) is 29.3 Å². The Hall–Kier alpha value is -4.53. The SMILES string of the molecule is CCCOc1ccc(C(=O)Oc2ccc(/C=N\NC(=O)COc3ccccc3OC)cc2OC)cc1. The summed E-state index contributed by atoms with van der Waals surface area (Å²) in [5.41, 5.74) is 3.39. The second-order valence-electron chi connectivity index (χ2n) is 7.41. The fourth-order valence-electron chi connectivity index (χ4n) is 3.01. The van der Waals surface area contributed by atoms with Crippen molar-refractivity contribution in [2.75, 3.05) is 27.4 Å². The number of methoxy groups -OCH3 is 2. The number of amides is 1. The molecule has 3 aromatic carbocycles. The number of hydrogen-bond donors (Lipinski definition) is 1. The van der Waals surface area contributed by atoms with Gasteiger partial charge in [0.25, 0.3) is 5.91 Å². The molecule has 3 aromatic rings. The molecule has 0 saturated heterocycles. The van der Waals surface area contributed by atoms with Crippen LogP contribution in [0.5, 0.6) is 28.7 Å². The monoisotopic (exact) mass is 492 g/mol. The van der Waals surface area contributed by atoms with Gasteiger partial charge < -0.3 is 23.7 Å². The number of ether oxygens (including phenoxy) is 5. The lowest BCUT2D eigenvalue weighted by Crippen LogP contribution is -2.24. The lowest BCUT2D eigenvalue weighted by molar-refractivity contribution is -0.123. The molecule has 188 valence electrons. The highest BCUT2D eigenvalue weighted by Gasteiger charge is 2.13. The molecule has 9 heteroatoms. The molecular formula is C27H28N2O7. The van der Waals surface area contributed by atoms with Crippen molar-refractivity contribution in [1.29, 1.82) is 0 Å². The zero-order valence-electron chi connectivity index (χ0n) is 20.4. The van der Waals surface area contributed by atoms with Gasteiger partial charge in [-0.05, 0) is 66.6 Å². The summed E-state index contributed by atoms with van der Waals surface area (Å²) < 4.78 is 27.0. The van der Waals surface area contributed by atoms with Crippen LogP contribution < -0.4 is 29.1 Å². The van der Waals surface area contributed by atoms with E-state index in [-0.39, 0.29) is 12.4 Å². The van der Waals surface area contributed by atoms with Gasteiger partial charge in [-0.2, -0.15) is 5.10 Å². The minimum Gasteiger partial charge on any atom is -0.494 e. The van der Waals surface area contributed by atoms with E-state index in [2.05, 4.69) is 10.5 Å². The summed E-state index contributed by atoms with van der Waals surface area (Å²) >= 11 is 0. The largest absolute Gasteiger partial charge is 0.494 e. The van der Waals surface area contributed by atoms with E-state index in [1.54, 1.807) is 66.7 Å². The van der Waals surface area contributed by atoms with Gasteiger partial charge in [-0.25, -0.2) is 10.2 Å². The molecule has 0 saturated carbocycles. The molecule has 0 unspecified atom stereocenters. The zero-order chi connectivity index (χ0) is 25.8. The summed E-state index contributed by atoms with van der Waals surface area (Å²) in [7, 11) is 2.98. The molecule has 3 rings (SSSR count). The van der Waals surface area contributed by atoms with Crippen molar-refractivity contribution in [2.45, 2.75) is 13.3 Å². The first-order chi connectivity index (χ1) is 17.5. The number of hydrogen-bond acceptors (Lipinski definition) is 8. The Morgan fingerprint density at radius 1 is 0.861 bits per heavy atom. The average molecular weight is 493 g/mol. The van der Waals surface area contributed by atoms with Gasteiger partial charge in [0.15, 0.2) is 29.6 Å². The fraction of sp³-hybridized carbons (Fsp3) is 0.222. The van der Waals surface area contributed by atoms with Crippen LogP contribution in [0, 0.1) is 0 Å². The number of nitrogens with one attached hydrogen (secondary N) is 1. The van der Waals surface area contributed by atoms with Gasteiger partial charge in [0.1, 0.15) is 5.75 Å². The van der Waals surface area contributed by atoms with Crippen molar-refractivity contribution < 1.29 is 33.3 Å². The van der Waals surface area contributed by atoms with Crippen LogP contribution in [0.4, 0.5) is 0 Å². The Labute approximate surface area is 209 Å². The van der Waals surface area contributed by atoms with Gasteiger partial charge in [-0.1, -0.05) is 19.1 Å². The van der Waals surface area contributed by atoms with Crippen LogP contribution in [0.3, 0.4) is 0 Å². The van der Waals surface area contributed by atoms with E-state index in [0.29, 0.717) is 40.7 Å². The molecule has 1 amide bonds. The molecule has 9 nitrogen and oxygen atoms in total. The summed E-state index contributed by atoms with van der Waals surface area (Å²) in [6, 6.07) is 18.6. The number of hydrazone groups is 1. The summed E-state index contributed by atoms with van der Waals surface area (Å²) in [6.45, 7) is 2.39. The predicted molar refractivity (Wildman–Crippen MR) is 134 cm³/mol. The molecule has 0 heterocycles. The first-order valence-electron chi connectivity index (χ1n) is 11.2. The maximum Gasteiger partial charge on any atom is 0.343 e. The fourth-order valence-corrected chi connectivity index (χ4v) is 3.01. The third-order valence-corrected chi connectivity index (χ3v) is 4.78.